The molecule has 0 aliphatic rings. The van der Waals surface area contributed by atoms with Crippen LogP contribution in [0.4, 0.5) is 0 Å². The average molecular weight is 156 g/mol. The van der Waals surface area contributed by atoms with Gasteiger partial charge in [-0.3, -0.25) is 4.90 Å². The van der Waals surface area contributed by atoms with Gasteiger partial charge in [-0.2, -0.15) is 5.26 Å². The second-order valence-corrected chi connectivity index (χ2v) is 2.70. The Balaban J connectivity index is 3.93. The molecule has 0 aromatic rings. The van der Waals surface area contributed by atoms with Gasteiger partial charge in [-0.05, 0) is 20.4 Å². The molecule has 0 aliphatic carbocycles. The molecular formula is C8H16N2O. The van der Waals surface area contributed by atoms with E-state index in [2.05, 4.69) is 6.07 Å². The highest BCUT2D eigenvalue weighted by molar-refractivity contribution is 4.81. The van der Waals surface area contributed by atoms with Crippen molar-refractivity contribution in [1.82, 2.24) is 4.90 Å². The van der Waals surface area contributed by atoms with Crippen LogP contribution in [0, 0.1) is 11.3 Å². The van der Waals surface area contributed by atoms with Crippen molar-refractivity contribution in [3.05, 3.63) is 0 Å². The first kappa shape index (κ1) is 10.4. The fourth-order valence-electron chi connectivity index (χ4n) is 0.940. The van der Waals surface area contributed by atoms with E-state index < -0.39 is 0 Å². The fraction of sp³-hybridized carbons (Fsp3) is 0.875. The minimum atomic E-state index is -0.372. The van der Waals surface area contributed by atoms with Crippen molar-refractivity contribution in [3.63, 3.8) is 0 Å². The van der Waals surface area contributed by atoms with Gasteiger partial charge in [-0.25, -0.2) is 0 Å². The van der Waals surface area contributed by atoms with Gasteiger partial charge in [0.1, 0.15) is 0 Å². The molecule has 0 spiro atoms. The summed E-state index contributed by atoms with van der Waals surface area (Å²) in [5.41, 5.74) is 0. The van der Waals surface area contributed by atoms with Crippen molar-refractivity contribution >= 4 is 0 Å². The topological polar surface area (TPSA) is 47.3 Å². The maximum absolute atomic E-state index is 9.20. The highest BCUT2D eigenvalue weighted by Gasteiger charge is 2.15. The summed E-state index contributed by atoms with van der Waals surface area (Å²) in [5.74, 6) is 0. The SMILES string of the molecule is CCN(CC#N)C(C)C(C)O. The second kappa shape index (κ2) is 5.11. The molecule has 2 atom stereocenters. The van der Waals surface area contributed by atoms with Gasteiger partial charge in [0.25, 0.3) is 0 Å². The Morgan fingerprint density at radius 3 is 2.36 bits per heavy atom. The molecule has 0 rings (SSSR count). The molecule has 3 nitrogen and oxygen atoms in total. The predicted octanol–water partition coefficient (Wildman–Crippen LogP) is 0.601. The van der Waals surface area contributed by atoms with E-state index in [1.54, 1.807) is 6.92 Å². The zero-order valence-corrected chi connectivity index (χ0v) is 7.41. The molecule has 0 heterocycles. The van der Waals surface area contributed by atoms with E-state index in [-0.39, 0.29) is 12.1 Å². The van der Waals surface area contributed by atoms with Crippen molar-refractivity contribution in [3.8, 4) is 6.07 Å². The van der Waals surface area contributed by atoms with Gasteiger partial charge in [-0.1, -0.05) is 6.92 Å². The maximum atomic E-state index is 9.20. The van der Waals surface area contributed by atoms with E-state index in [4.69, 9.17) is 5.26 Å². The third kappa shape index (κ3) is 3.35. The van der Waals surface area contributed by atoms with Gasteiger partial charge in [0, 0.05) is 6.04 Å². The standard InChI is InChI=1S/C8H16N2O/c1-4-10(6-5-9)7(2)8(3)11/h7-8,11H,4,6H2,1-3H3. The Morgan fingerprint density at radius 1 is 1.55 bits per heavy atom. The molecule has 0 radical (unpaired) electrons. The Hall–Kier alpha value is -0.590. The number of hydrogen-bond donors (Lipinski definition) is 1. The Labute approximate surface area is 68.2 Å². The molecule has 0 aliphatic heterocycles. The van der Waals surface area contributed by atoms with E-state index in [1.807, 2.05) is 18.7 Å². The summed E-state index contributed by atoms with van der Waals surface area (Å²) >= 11 is 0. The van der Waals surface area contributed by atoms with Crippen molar-refractivity contribution in [1.29, 1.82) is 5.26 Å². The summed E-state index contributed by atoms with van der Waals surface area (Å²) in [6.07, 6.45) is -0.372. The molecule has 0 fully saturated rings. The number of hydrogen-bond acceptors (Lipinski definition) is 3. The molecular weight excluding hydrogens is 140 g/mol. The van der Waals surface area contributed by atoms with E-state index >= 15 is 0 Å². The highest BCUT2D eigenvalue weighted by atomic mass is 16.3. The predicted molar refractivity (Wildman–Crippen MR) is 44.0 cm³/mol. The van der Waals surface area contributed by atoms with E-state index in [0.29, 0.717) is 6.54 Å². The molecule has 11 heavy (non-hydrogen) atoms. The smallest absolute Gasteiger partial charge is 0.0869 e. The van der Waals surface area contributed by atoms with Gasteiger partial charge in [0.05, 0.1) is 18.7 Å². The third-order valence-corrected chi connectivity index (χ3v) is 1.95. The lowest BCUT2D eigenvalue weighted by Gasteiger charge is -2.27. The number of aliphatic hydroxyl groups is 1. The van der Waals surface area contributed by atoms with Crippen LogP contribution in [0.15, 0.2) is 0 Å². The second-order valence-electron chi connectivity index (χ2n) is 2.70. The lowest BCUT2D eigenvalue weighted by Crippen LogP contribution is -2.40. The molecule has 0 aromatic carbocycles. The normalized spacial score (nSPS) is 16.0. The van der Waals surface area contributed by atoms with E-state index in [0.717, 1.165) is 6.54 Å². The summed E-state index contributed by atoms with van der Waals surface area (Å²) in [6.45, 7) is 6.84. The lowest BCUT2D eigenvalue weighted by molar-refractivity contribution is 0.0821. The van der Waals surface area contributed by atoms with Gasteiger partial charge in [-0.15, -0.1) is 0 Å². The van der Waals surface area contributed by atoms with Crippen LogP contribution in [0.2, 0.25) is 0 Å². The van der Waals surface area contributed by atoms with Crippen LogP contribution in [0.5, 0.6) is 0 Å². The first-order chi connectivity index (χ1) is 5.13. The van der Waals surface area contributed by atoms with Crippen LogP contribution in [-0.4, -0.2) is 35.2 Å². The molecule has 1 N–H and O–H groups in total. The number of rotatable bonds is 4. The maximum Gasteiger partial charge on any atom is 0.0869 e. The van der Waals surface area contributed by atoms with Crippen LogP contribution >= 0.6 is 0 Å². The zero-order chi connectivity index (χ0) is 8.85. The summed E-state index contributed by atoms with van der Waals surface area (Å²) in [4.78, 5) is 1.94. The molecule has 0 saturated heterocycles. The first-order valence-corrected chi connectivity index (χ1v) is 3.92. The Morgan fingerprint density at radius 2 is 2.09 bits per heavy atom. The monoisotopic (exact) mass is 156 g/mol. The summed E-state index contributed by atoms with van der Waals surface area (Å²) in [7, 11) is 0. The zero-order valence-electron chi connectivity index (χ0n) is 7.41. The van der Waals surface area contributed by atoms with E-state index in [9.17, 15) is 5.11 Å². The van der Waals surface area contributed by atoms with Crippen LogP contribution in [0.25, 0.3) is 0 Å². The number of likely N-dealkylation sites (N-methyl/N-ethyl adjacent to an activating group) is 1. The molecule has 3 heteroatoms. The lowest BCUT2D eigenvalue weighted by atomic mass is 10.2. The van der Waals surface area contributed by atoms with Gasteiger partial charge >= 0.3 is 0 Å². The average Bonchev–Trinajstić information content (AvgIpc) is 1.98. The van der Waals surface area contributed by atoms with Crippen LogP contribution in [-0.2, 0) is 0 Å². The molecule has 2 unspecified atom stereocenters. The van der Waals surface area contributed by atoms with Crippen molar-refractivity contribution in [2.45, 2.75) is 32.9 Å². The van der Waals surface area contributed by atoms with Gasteiger partial charge < -0.3 is 5.11 Å². The molecule has 64 valence electrons. The molecule has 0 saturated carbocycles. The summed E-state index contributed by atoms with van der Waals surface area (Å²) in [6, 6.07) is 2.14. The highest BCUT2D eigenvalue weighted by Crippen LogP contribution is 2.02. The van der Waals surface area contributed by atoms with Crippen molar-refractivity contribution in [2.24, 2.45) is 0 Å². The third-order valence-electron chi connectivity index (χ3n) is 1.95. The fourth-order valence-corrected chi connectivity index (χ4v) is 0.940. The quantitative estimate of drug-likeness (QED) is 0.606. The van der Waals surface area contributed by atoms with Crippen molar-refractivity contribution in [2.75, 3.05) is 13.1 Å². The Bertz CT molecular complexity index is 140. The number of aliphatic hydroxyl groups excluding tert-OH is 1. The molecule has 0 bridgehead atoms. The largest absolute Gasteiger partial charge is 0.392 e. The molecule has 0 amide bonds. The molecule has 0 aromatic heterocycles. The van der Waals surface area contributed by atoms with Crippen LogP contribution in [0.3, 0.4) is 0 Å². The van der Waals surface area contributed by atoms with Crippen LogP contribution < -0.4 is 0 Å². The summed E-state index contributed by atoms with van der Waals surface area (Å²) < 4.78 is 0. The van der Waals surface area contributed by atoms with Gasteiger partial charge in [0.2, 0.25) is 0 Å². The van der Waals surface area contributed by atoms with Crippen LogP contribution in [0.1, 0.15) is 20.8 Å². The Kier molecular flexibility index (Phi) is 4.84. The summed E-state index contributed by atoms with van der Waals surface area (Å²) in [5, 5.41) is 17.6. The number of nitrogens with zero attached hydrogens (tertiary/aromatic N) is 2. The van der Waals surface area contributed by atoms with Gasteiger partial charge in [0.15, 0.2) is 0 Å². The minimum absolute atomic E-state index is 0.0691. The van der Waals surface area contributed by atoms with E-state index in [1.165, 1.54) is 0 Å². The minimum Gasteiger partial charge on any atom is -0.392 e. The number of nitriles is 1. The van der Waals surface area contributed by atoms with Crippen molar-refractivity contribution < 1.29 is 5.11 Å². The first-order valence-electron chi connectivity index (χ1n) is 3.92.